The van der Waals surface area contributed by atoms with Crippen molar-refractivity contribution < 1.29 is 9.53 Å². The van der Waals surface area contributed by atoms with Gasteiger partial charge in [0.05, 0.1) is 23.2 Å². The summed E-state index contributed by atoms with van der Waals surface area (Å²) < 4.78 is 5.27. The van der Waals surface area contributed by atoms with Crippen LogP contribution in [-0.2, 0) is 14.9 Å². The molecule has 2 N–H and O–H groups in total. The van der Waals surface area contributed by atoms with E-state index in [9.17, 15) is 4.79 Å². The van der Waals surface area contributed by atoms with E-state index in [1.165, 1.54) is 37.7 Å². The third-order valence-electron chi connectivity index (χ3n) is 8.90. The standard InChI is InChI=1S/C31H41ClN2O2/c1-4-36-30(35)26-6-5-7-28(26)33-24-9-11-25(12-10-24)34-29-13-8-23(17-27(29)32)31(3)18-21-14-20(2)15-22(16-21)19-31/h8-13,17,20-22,26,28,33-34H,4-7,14-16,18-19H2,1-3H3. The van der Waals surface area contributed by atoms with Gasteiger partial charge in [-0.2, -0.15) is 0 Å². The molecule has 0 aliphatic heterocycles. The van der Waals surface area contributed by atoms with Crippen LogP contribution in [0.2, 0.25) is 5.02 Å². The Morgan fingerprint density at radius 2 is 1.72 bits per heavy atom. The van der Waals surface area contributed by atoms with Crippen LogP contribution in [0.25, 0.3) is 0 Å². The van der Waals surface area contributed by atoms with E-state index in [1.54, 1.807) is 0 Å². The van der Waals surface area contributed by atoms with Gasteiger partial charge < -0.3 is 15.4 Å². The number of rotatable bonds is 7. The predicted octanol–water partition coefficient (Wildman–Crippen LogP) is 8.33. The number of halogens is 1. The lowest BCUT2D eigenvalue weighted by molar-refractivity contribution is -0.148. The maximum atomic E-state index is 12.3. The van der Waals surface area contributed by atoms with Gasteiger partial charge in [-0.1, -0.05) is 37.9 Å². The molecule has 4 atom stereocenters. The molecule has 0 aromatic heterocycles. The molecule has 3 aliphatic rings. The molecule has 3 fully saturated rings. The SMILES string of the molecule is CCOC(=O)C1CCCC1Nc1ccc(Nc2ccc(C3(C)CC4CC(C)CC(C4)C3)cc2Cl)cc1. The Morgan fingerprint density at radius 3 is 2.39 bits per heavy atom. The molecule has 4 nitrogen and oxygen atoms in total. The maximum absolute atomic E-state index is 12.3. The van der Waals surface area contributed by atoms with Gasteiger partial charge in [0.1, 0.15) is 0 Å². The van der Waals surface area contributed by atoms with Crippen molar-refractivity contribution in [2.75, 3.05) is 17.2 Å². The van der Waals surface area contributed by atoms with Crippen LogP contribution in [-0.4, -0.2) is 18.6 Å². The first-order chi connectivity index (χ1) is 17.3. The van der Waals surface area contributed by atoms with Gasteiger partial charge in [-0.05, 0) is 117 Å². The molecule has 3 aliphatic carbocycles. The number of benzene rings is 2. The van der Waals surface area contributed by atoms with Crippen LogP contribution in [0.1, 0.15) is 77.7 Å². The highest BCUT2D eigenvalue weighted by Crippen LogP contribution is 2.51. The van der Waals surface area contributed by atoms with Gasteiger partial charge in [-0.3, -0.25) is 4.79 Å². The Hall–Kier alpha value is -2.20. The molecule has 0 spiro atoms. The molecule has 0 amide bonds. The Kier molecular flexibility index (Phi) is 7.53. The number of hydrogen-bond acceptors (Lipinski definition) is 4. The third kappa shape index (κ3) is 5.54. The molecule has 3 saturated carbocycles. The van der Waals surface area contributed by atoms with Gasteiger partial charge in [0.2, 0.25) is 0 Å². The monoisotopic (exact) mass is 508 g/mol. The zero-order chi connectivity index (χ0) is 25.3. The summed E-state index contributed by atoms with van der Waals surface area (Å²) in [6.45, 7) is 7.17. The van der Waals surface area contributed by atoms with Gasteiger partial charge in [0.25, 0.3) is 0 Å². The summed E-state index contributed by atoms with van der Waals surface area (Å²) in [5.41, 5.74) is 4.57. The summed E-state index contributed by atoms with van der Waals surface area (Å²) in [7, 11) is 0. The van der Waals surface area contributed by atoms with E-state index in [1.807, 2.05) is 6.92 Å². The normalized spacial score (nSPS) is 31.6. The van der Waals surface area contributed by atoms with Crippen molar-refractivity contribution in [3.8, 4) is 0 Å². The minimum absolute atomic E-state index is 0.0610. The van der Waals surface area contributed by atoms with Crippen molar-refractivity contribution in [1.82, 2.24) is 0 Å². The lowest BCUT2D eigenvalue weighted by Crippen LogP contribution is -2.38. The van der Waals surface area contributed by atoms with Crippen LogP contribution in [0.15, 0.2) is 42.5 Å². The molecule has 194 valence electrons. The second-order valence-corrected chi connectivity index (χ2v) is 12.4. The first-order valence-electron chi connectivity index (χ1n) is 13.9. The van der Waals surface area contributed by atoms with Gasteiger partial charge in [-0.15, -0.1) is 0 Å². The number of carbonyl (C=O) groups is 1. The first kappa shape index (κ1) is 25.4. The topological polar surface area (TPSA) is 50.4 Å². The average Bonchev–Trinajstić information content (AvgIpc) is 3.29. The number of hydrogen-bond donors (Lipinski definition) is 2. The molecule has 36 heavy (non-hydrogen) atoms. The second-order valence-electron chi connectivity index (χ2n) is 12.0. The van der Waals surface area contributed by atoms with Crippen molar-refractivity contribution in [2.45, 2.75) is 83.6 Å². The minimum atomic E-state index is -0.0799. The summed E-state index contributed by atoms with van der Waals surface area (Å²) in [6.07, 6.45) is 9.68. The summed E-state index contributed by atoms with van der Waals surface area (Å²) in [4.78, 5) is 12.3. The van der Waals surface area contributed by atoms with Crippen LogP contribution >= 0.6 is 11.6 Å². The summed E-state index contributed by atoms with van der Waals surface area (Å²) in [5, 5.41) is 7.82. The summed E-state index contributed by atoms with van der Waals surface area (Å²) in [6, 6.07) is 15.0. The van der Waals surface area contributed by atoms with Crippen LogP contribution in [0, 0.1) is 23.7 Å². The molecule has 4 unspecified atom stereocenters. The molecule has 0 saturated heterocycles. The van der Waals surface area contributed by atoms with Gasteiger partial charge >= 0.3 is 5.97 Å². The molecule has 2 bridgehead atoms. The van der Waals surface area contributed by atoms with E-state index in [2.05, 4.69) is 66.9 Å². The molecular weight excluding hydrogens is 468 g/mol. The quantitative estimate of drug-likeness (QED) is 0.369. The van der Waals surface area contributed by atoms with Crippen molar-refractivity contribution in [1.29, 1.82) is 0 Å². The van der Waals surface area contributed by atoms with E-state index in [4.69, 9.17) is 16.3 Å². The molecule has 0 heterocycles. The molecule has 2 aromatic carbocycles. The third-order valence-corrected chi connectivity index (χ3v) is 9.22. The highest BCUT2D eigenvalue weighted by Gasteiger charge is 2.42. The lowest BCUT2D eigenvalue weighted by Gasteiger charge is -2.47. The zero-order valence-corrected chi connectivity index (χ0v) is 22.7. The Balaban J connectivity index is 1.22. The molecule has 0 radical (unpaired) electrons. The fourth-order valence-electron chi connectivity index (χ4n) is 7.50. The smallest absolute Gasteiger partial charge is 0.311 e. The Morgan fingerprint density at radius 1 is 1.03 bits per heavy atom. The van der Waals surface area contributed by atoms with Gasteiger partial charge in [-0.25, -0.2) is 0 Å². The van der Waals surface area contributed by atoms with Gasteiger partial charge in [0.15, 0.2) is 0 Å². The number of anilines is 3. The number of fused-ring (bicyclic) bond motifs is 2. The van der Waals surface area contributed by atoms with Crippen molar-refractivity contribution in [3.05, 3.63) is 53.1 Å². The number of ether oxygens (including phenoxy) is 1. The van der Waals surface area contributed by atoms with E-state index < -0.39 is 0 Å². The highest BCUT2D eigenvalue weighted by atomic mass is 35.5. The maximum Gasteiger partial charge on any atom is 0.311 e. The Labute approximate surface area is 221 Å². The van der Waals surface area contributed by atoms with Gasteiger partial charge in [0, 0.05) is 17.4 Å². The molecule has 2 aromatic rings. The van der Waals surface area contributed by atoms with Crippen LogP contribution < -0.4 is 10.6 Å². The average molecular weight is 509 g/mol. The largest absolute Gasteiger partial charge is 0.466 e. The van der Waals surface area contributed by atoms with Crippen LogP contribution in [0.4, 0.5) is 17.1 Å². The second kappa shape index (κ2) is 10.7. The number of esters is 1. The predicted molar refractivity (Wildman–Crippen MR) is 149 cm³/mol. The first-order valence-corrected chi connectivity index (χ1v) is 14.3. The number of nitrogens with one attached hydrogen (secondary N) is 2. The van der Waals surface area contributed by atoms with Crippen LogP contribution in [0.5, 0.6) is 0 Å². The summed E-state index contributed by atoms with van der Waals surface area (Å²) >= 11 is 6.80. The molecular formula is C31H41ClN2O2. The lowest BCUT2D eigenvalue weighted by atomic mass is 9.57. The van der Waals surface area contributed by atoms with Crippen molar-refractivity contribution >= 4 is 34.6 Å². The Bertz CT molecular complexity index is 1050. The van der Waals surface area contributed by atoms with E-state index in [0.717, 1.165) is 59.1 Å². The van der Waals surface area contributed by atoms with E-state index >= 15 is 0 Å². The van der Waals surface area contributed by atoms with Crippen molar-refractivity contribution in [2.24, 2.45) is 23.7 Å². The van der Waals surface area contributed by atoms with E-state index in [-0.39, 0.29) is 23.3 Å². The van der Waals surface area contributed by atoms with Crippen LogP contribution in [0.3, 0.4) is 0 Å². The highest BCUT2D eigenvalue weighted by molar-refractivity contribution is 6.33. The minimum Gasteiger partial charge on any atom is -0.466 e. The zero-order valence-electron chi connectivity index (χ0n) is 22.0. The van der Waals surface area contributed by atoms with Crippen molar-refractivity contribution in [3.63, 3.8) is 0 Å². The summed E-state index contributed by atoms with van der Waals surface area (Å²) in [5.74, 6) is 2.46. The molecule has 5 rings (SSSR count). The fraction of sp³-hybridized carbons (Fsp3) is 0.581. The number of carbonyl (C=O) groups excluding carboxylic acids is 1. The van der Waals surface area contributed by atoms with E-state index in [0.29, 0.717) is 6.61 Å². The molecule has 5 heteroatoms. The fourth-order valence-corrected chi connectivity index (χ4v) is 7.73.